The predicted octanol–water partition coefficient (Wildman–Crippen LogP) is 3.22. The lowest BCUT2D eigenvalue weighted by atomic mass is 10.1. The van der Waals surface area contributed by atoms with Crippen molar-refractivity contribution in [3.8, 4) is 11.3 Å². The standard InChI is InChI=1S/C17H14N2O/c1-2-14-17(20)19-15-11-7-6-10-13(15)16(18-14)12-8-4-3-5-9-12/h3-11H,2H2,1H3. The van der Waals surface area contributed by atoms with Gasteiger partial charge in [-0.3, -0.25) is 4.79 Å². The van der Waals surface area contributed by atoms with Crippen molar-refractivity contribution in [1.82, 2.24) is 9.97 Å². The minimum absolute atomic E-state index is 0.245. The van der Waals surface area contributed by atoms with Crippen LogP contribution in [0.1, 0.15) is 12.6 Å². The van der Waals surface area contributed by atoms with Crippen LogP contribution < -0.4 is 5.56 Å². The predicted molar refractivity (Wildman–Crippen MR) is 80.6 cm³/mol. The van der Waals surface area contributed by atoms with Crippen molar-refractivity contribution in [3.05, 3.63) is 70.6 Å². The van der Waals surface area contributed by atoms with E-state index < -0.39 is 0 Å². The zero-order chi connectivity index (χ0) is 13.9. The van der Waals surface area contributed by atoms with Crippen LogP contribution in [0, 0.1) is 0 Å². The van der Waals surface area contributed by atoms with Crippen molar-refractivity contribution in [2.24, 2.45) is 0 Å². The number of fused-ring (bicyclic) bond motifs is 1. The molecule has 0 unspecified atom stereocenters. The van der Waals surface area contributed by atoms with Gasteiger partial charge in [0.1, 0.15) is 5.69 Å². The SMILES string of the molecule is CCc1nc(-c2ccccc2)c2ccccc2nc1=O. The Kier molecular flexibility index (Phi) is 3.25. The molecule has 0 bridgehead atoms. The highest BCUT2D eigenvalue weighted by atomic mass is 16.1. The molecule has 0 aliphatic heterocycles. The van der Waals surface area contributed by atoms with Crippen molar-refractivity contribution in [2.75, 3.05) is 0 Å². The van der Waals surface area contributed by atoms with Crippen LogP contribution in [0.5, 0.6) is 0 Å². The molecule has 3 heteroatoms. The lowest BCUT2D eigenvalue weighted by Crippen LogP contribution is -2.09. The molecule has 0 radical (unpaired) electrons. The summed E-state index contributed by atoms with van der Waals surface area (Å²) in [5.41, 5.74) is 2.75. The summed E-state index contributed by atoms with van der Waals surface area (Å²) in [5, 5.41) is 0.899. The van der Waals surface area contributed by atoms with Gasteiger partial charge >= 0.3 is 0 Å². The van der Waals surface area contributed by atoms with Crippen molar-refractivity contribution >= 4 is 10.9 Å². The minimum atomic E-state index is -0.245. The number of nitrogens with zero attached hydrogens (tertiary/aromatic N) is 2. The van der Waals surface area contributed by atoms with Crippen LogP contribution in [-0.4, -0.2) is 9.97 Å². The number of rotatable bonds is 2. The zero-order valence-corrected chi connectivity index (χ0v) is 11.2. The third-order valence-corrected chi connectivity index (χ3v) is 3.26. The summed E-state index contributed by atoms with van der Waals surface area (Å²) >= 11 is 0. The van der Waals surface area contributed by atoms with E-state index in [1.807, 2.05) is 61.5 Å². The Morgan fingerprint density at radius 2 is 1.60 bits per heavy atom. The second kappa shape index (κ2) is 5.21. The number of hydrogen-bond donors (Lipinski definition) is 0. The Bertz CT molecular complexity index is 813. The van der Waals surface area contributed by atoms with E-state index in [1.165, 1.54) is 0 Å². The maximum absolute atomic E-state index is 12.1. The number of para-hydroxylation sites is 1. The second-order valence-corrected chi connectivity index (χ2v) is 4.56. The van der Waals surface area contributed by atoms with E-state index in [-0.39, 0.29) is 5.56 Å². The molecule has 0 aliphatic carbocycles. The Morgan fingerprint density at radius 3 is 2.35 bits per heavy atom. The topological polar surface area (TPSA) is 42.9 Å². The lowest BCUT2D eigenvalue weighted by molar-refractivity contribution is 1.01. The highest BCUT2D eigenvalue weighted by Crippen LogP contribution is 2.24. The summed E-state index contributed by atoms with van der Waals surface area (Å²) in [6.07, 6.45) is 0.576. The molecule has 0 aliphatic rings. The average molecular weight is 262 g/mol. The van der Waals surface area contributed by atoms with Gasteiger partial charge in [-0.1, -0.05) is 55.5 Å². The number of aromatic nitrogens is 2. The van der Waals surface area contributed by atoms with Gasteiger partial charge in [0.25, 0.3) is 5.56 Å². The first-order chi connectivity index (χ1) is 9.79. The number of aryl methyl sites for hydroxylation is 1. The molecular formula is C17H14N2O. The van der Waals surface area contributed by atoms with Crippen molar-refractivity contribution in [1.29, 1.82) is 0 Å². The molecule has 3 aromatic rings. The molecule has 3 nitrogen and oxygen atoms in total. The second-order valence-electron chi connectivity index (χ2n) is 4.56. The average Bonchev–Trinajstić information content (AvgIpc) is 2.64. The molecule has 98 valence electrons. The van der Waals surface area contributed by atoms with Crippen LogP contribution in [0.2, 0.25) is 0 Å². The van der Waals surface area contributed by atoms with E-state index in [4.69, 9.17) is 0 Å². The van der Waals surface area contributed by atoms with Gasteiger partial charge in [0.2, 0.25) is 0 Å². The number of benzene rings is 2. The minimum Gasteiger partial charge on any atom is -0.265 e. The molecule has 3 rings (SSSR count). The fourth-order valence-corrected chi connectivity index (χ4v) is 2.23. The molecule has 0 N–H and O–H groups in total. The summed E-state index contributed by atoms with van der Waals surface area (Å²) in [6, 6.07) is 17.5. The first kappa shape index (κ1) is 12.5. The van der Waals surface area contributed by atoms with Crippen molar-refractivity contribution in [2.45, 2.75) is 13.3 Å². The van der Waals surface area contributed by atoms with E-state index in [0.29, 0.717) is 17.6 Å². The molecule has 0 saturated heterocycles. The molecule has 0 fully saturated rings. The van der Waals surface area contributed by atoms with Gasteiger partial charge in [0.15, 0.2) is 0 Å². The Morgan fingerprint density at radius 1 is 0.900 bits per heavy atom. The maximum atomic E-state index is 12.1. The third-order valence-electron chi connectivity index (χ3n) is 3.26. The van der Waals surface area contributed by atoms with Crippen LogP contribution in [-0.2, 0) is 6.42 Å². The van der Waals surface area contributed by atoms with Crippen LogP contribution in [0.3, 0.4) is 0 Å². The maximum Gasteiger partial charge on any atom is 0.291 e. The molecule has 1 heterocycles. The largest absolute Gasteiger partial charge is 0.291 e. The van der Waals surface area contributed by atoms with Gasteiger partial charge in [-0.2, -0.15) is 0 Å². The quantitative estimate of drug-likeness (QED) is 0.712. The summed E-state index contributed by atoms with van der Waals surface area (Å²) in [7, 11) is 0. The Labute approximate surface area is 117 Å². The summed E-state index contributed by atoms with van der Waals surface area (Å²) < 4.78 is 0. The van der Waals surface area contributed by atoms with E-state index in [1.54, 1.807) is 0 Å². The zero-order valence-electron chi connectivity index (χ0n) is 11.2. The Hall–Kier alpha value is -2.55. The molecule has 0 amide bonds. The van der Waals surface area contributed by atoms with Gasteiger partial charge in [0.05, 0.1) is 11.2 Å². The van der Waals surface area contributed by atoms with E-state index in [2.05, 4.69) is 9.97 Å². The molecule has 0 saturated carbocycles. The van der Waals surface area contributed by atoms with Gasteiger partial charge < -0.3 is 0 Å². The van der Waals surface area contributed by atoms with Gasteiger partial charge in [-0.25, -0.2) is 9.97 Å². The van der Waals surface area contributed by atoms with Crippen LogP contribution >= 0.6 is 0 Å². The molecule has 0 atom stereocenters. The normalized spacial score (nSPS) is 10.7. The monoisotopic (exact) mass is 262 g/mol. The van der Waals surface area contributed by atoms with E-state index in [9.17, 15) is 4.79 Å². The highest BCUT2D eigenvalue weighted by molar-refractivity contribution is 5.91. The third kappa shape index (κ3) is 2.18. The van der Waals surface area contributed by atoms with Crippen molar-refractivity contribution in [3.63, 3.8) is 0 Å². The lowest BCUT2D eigenvalue weighted by Gasteiger charge is -2.01. The molecule has 1 aromatic heterocycles. The first-order valence-electron chi connectivity index (χ1n) is 6.65. The summed E-state index contributed by atoms with van der Waals surface area (Å²) in [6.45, 7) is 1.92. The summed E-state index contributed by atoms with van der Waals surface area (Å²) in [4.78, 5) is 20.8. The van der Waals surface area contributed by atoms with Crippen molar-refractivity contribution < 1.29 is 0 Å². The first-order valence-corrected chi connectivity index (χ1v) is 6.65. The fourth-order valence-electron chi connectivity index (χ4n) is 2.23. The van der Waals surface area contributed by atoms with Crippen LogP contribution in [0.15, 0.2) is 59.4 Å². The van der Waals surface area contributed by atoms with E-state index in [0.717, 1.165) is 16.6 Å². The summed E-state index contributed by atoms with van der Waals surface area (Å²) in [5.74, 6) is 0. The fraction of sp³-hybridized carbons (Fsp3) is 0.118. The highest BCUT2D eigenvalue weighted by Gasteiger charge is 2.08. The van der Waals surface area contributed by atoms with Gasteiger partial charge in [-0.15, -0.1) is 0 Å². The molecule has 20 heavy (non-hydrogen) atoms. The molecule has 2 aromatic carbocycles. The Balaban J connectivity index is 2.47. The smallest absolute Gasteiger partial charge is 0.265 e. The van der Waals surface area contributed by atoms with Crippen LogP contribution in [0.25, 0.3) is 22.2 Å². The molecular weight excluding hydrogens is 248 g/mol. The number of hydrogen-bond acceptors (Lipinski definition) is 3. The van der Waals surface area contributed by atoms with Gasteiger partial charge in [-0.05, 0) is 12.5 Å². The van der Waals surface area contributed by atoms with Crippen LogP contribution in [0.4, 0.5) is 0 Å². The van der Waals surface area contributed by atoms with E-state index >= 15 is 0 Å². The molecule has 0 spiro atoms. The van der Waals surface area contributed by atoms with Gasteiger partial charge in [0, 0.05) is 10.9 Å².